The Balaban J connectivity index is 1.31. The van der Waals surface area contributed by atoms with E-state index in [-0.39, 0.29) is 28.3 Å². The minimum atomic E-state index is -4.96. The summed E-state index contributed by atoms with van der Waals surface area (Å²) in [6.45, 7) is 4.04. The fourth-order valence-corrected chi connectivity index (χ4v) is 7.46. The van der Waals surface area contributed by atoms with Crippen LogP contribution in [0.5, 0.6) is 6.01 Å². The summed E-state index contributed by atoms with van der Waals surface area (Å²) in [4.78, 5) is 17.7. The molecule has 6 heterocycles. The Morgan fingerprint density at radius 1 is 1.10 bits per heavy atom. The number of nitrogens with zero attached hydrogens (tertiary/aromatic N) is 5. The normalized spacial score (nSPS) is 24.4. The molecule has 2 aromatic heterocycles. The van der Waals surface area contributed by atoms with Crippen LogP contribution in [0.3, 0.4) is 0 Å². The van der Waals surface area contributed by atoms with Crippen molar-refractivity contribution in [1.29, 1.82) is 0 Å². The number of piperazine rings is 1. The number of rotatable bonds is 6. The first-order valence-corrected chi connectivity index (χ1v) is 15.0. The van der Waals surface area contributed by atoms with E-state index in [4.69, 9.17) is 9.72 Å². The molecule has 4 fully saturated rings. The van der Waals surface area contributed by atoms with Crippen LogP contribution in [0, 0.1) is 5.82 Å². The van der Waals surface area contributed by atoms with Crippen molar-refractivity contribution in [2.24, 2.45) is 0 Å². The lowest BCUT2D eigenvalue weighted by Crippen LogP contribution is -2.51. The van der Waals surface area contributed by atoms with E-state index in [1.807, 2.05) is 0 Å². The number of hydrogen-bond donors (Lipinski definition) is 1. The van der Waals surface area contributed by atoms with E-state index in [1.54, 1.807) is 0 Å². The Morgan fingerprint density at radius 3 is 2.56 bits per heavy atom. The van der Waals surface area contributed by atoms with Crippen molar-refractivity contribution < 1.29 is 21.4 Å². The molecule has 2 unspecified atom stereocenters. The minimum absolute atomic E-state index is 0.0210. The summed E-state index contributed by atoms with van der Waals surface area (Å²) in [6.07, 6.45) is 8.06. The topological polar surface area (TPSA) is 101 Å². The molecule has 1 aromatic carbocycles. The highest BCUT2D eigenvalue weighted by Gasteiger charge is 2.45. The first-order valence-electron chi connectivity index (χ1n) is 13.6. The van der Waals surface area contributed by atoms with Crippen LogP contribution in [0.2, 0.25) is 0 Å². The van der Waals surface area contributed by atoms with Gasteiger partial charge in [0.05, 0.1) is 15.8 Å². The number of pyridine rings is 1. The van der Waals surface area contributed by atoms with E-state index < -0.39 is 20.9 Å². The molecule has 4 aliphatic rings. The second-order valence-corrected chi connectivity index (χ2v) is 12.6. The summed E-state index contributed by atoms with van der Waals surface area (Å²) in [5, 5.41) is 4.07. The summed E-state index contributed by atoms with van der Waals surface area (Å²) in [5.74, 6) is -0.146. The number of aromatic nitrogens is 3. The summed E-state index contributed by atoms with van der Waals surface area (Å²) in [6, 6.07) is 5.85. The molecule has 2 atom stereocenters. The van der Waals surface area contributed by atoms with Gasteiger partial charge in [-0.15, -0.1) is 3.89 Å². The molecule has 2 bridgehead atoms. The maximum Gasteiger partial charge on any atom is 0.332 e. The monoisotopic (exact) mass is 556 g/mol. The van der Waals surface area contributed by atoms with Gasteiger partial charge in [0.2, 0.25) is 0 Å². The lowest BCUT2D eigenvalue weighted by Gasteiger charge is -2.34. The van der Waals surface area contributed by atoms with E-state index in [1.165, 1.54) is 18.3 Å². The number of fused-ring (bicyclic) bond motifs is 4. The molecule has 7 rings (SSSR count). The highest BCUT2D eigenvalue weighted by Crippen LogP contribution is 2.40. The minimum Gasteiger partial charge on any atom is -0.461 e. The molecule has 0 spiro atoms. The molecule has 12 heteroatoms. The first kappa shape index (κ1) is 25.0. The van der Waals surface area contributed by atoms with Gasteiger partial charge >= 0.3 is 16.2 Å². The number of hydrogen-bond acceptors (Lipinski definition) is 9. The van der Waals surface area contributed by atoms with Gasteiger partial charge in [0, 0.05) is 36.9 Å². The molecular weight excluding hydrogens is 526 g/mol. The molecule has 39 heavy (non-hydrogen) atoms. The van der Waals surface area contributed by atoms with Crippen molar-refractivity contribution >= 4 is 26.9 Å². The molecule has 3 aromatic rings. The zero-order valence-corrected chi connectivity index (χ0v) is 22.3. The lowest BCUT2D eigenvalue weighted by molar-refractivity contribution is 0.108. The average Bonchev–Trinajstić information content (AvgIpc) is 3.60. The third-order valence-corrected chi connectivity index (χ3v) is 9.65. The number of anilines is 1. The third kappa shape index (κ3) is 4.42. The predicted molar refractivity (Wildman–Crippen MR) is 141 cm³/mol. The molecule has 4 saturated heterocycles. The number of benzene rings is 1. The van der Waals surface area contributed by atoms with Crippen molar-refractivity contribution in [3.8, 4) is 17.3 Å². The second kappa shape index (κ2) is 9.31. The van der Waals surface area contributed by atoms with Gasteiger partial charge in [-0.3, -0.25) is 9.88 Å². The van der Waals surface area contributed by atoms with Crippen molar-refractivity contribution in [1.82, 2.24) is 25.2 Å². The number of ether oxygens (including phenoxy) is 1. The Kier molecular flexibility index (Phi) is 5.98. The van der Waals surface area contributed by atoms with Gasteiger partial charge in [-0.25, -0.2) is 4.39 Å². The quantitative estimate of drug-likeness (QED) is 0.458. The van der Waals surface area contributed by atoms with Crippen LogP contribution < -0.4 is 15.0 Å². The first-order chi connectivity index (χ1) is 18.8. The Morgan fingerprint density at radius 2 is 1.85 bits per heavy atom. The van der Waals surface area contributed by atoms with Crippen LogP contribution in [-0.4, -0.2) is 78.7 Å². The fourth-order valence-electron chi connectivity index (χ4n) is 6.95. The van der Waals surface area contributed by atoms with Crippen LogP contribution in [0.25, 0.3) is 22.2 Å². The van der Waals surface area contributed by atoms with E-state index >= 15 is 4.39 Å². The van der Waals surface area contributed by atoms with Crippen LogP contribution in [-0.2, 0) is 10.2 Å². The second-order valence-electron chi connectivity index (χ2n) is 11.2. The van der Waals surface area contributed by atoms with Gasteiger partial charge in [-0.05, 0) is 63.7 Å². The van der Waals surface area contributed by atoms with Gasteiger partial charge < -0.3 is 15.0 Å². The summed E-state index contributed by atoms with van der Waals surface area (Å²) < 4.78 is 59.0. The summed E-state index contributed by atoms with van der Waals surface area (Å²) in [5.41, 5.74) is 0.0571. The van der Waals surface area contributed by atoms with Crippen molar-refractivity contribution in [2.45, 2.75) is 61.0 Å². The summed E-state index contributed by atoms with van der Waals surface area (Å²) in [7, 11) is -4.96. The molecule has 0 amide bonds. The maximum atomic E-state index is 16.1. The molecule has 9 nitrogen and oxygen atoms in total. The number of nitrogens with one attached hydrogen (secondary N) is 1. The Bertz CT molecular complexity index is 1530. The highest BCUT2D eigenvalue weighted by atomic mass is 32.3. The van der Waals surface area contributed by atoms with E-state index in [2.05, 4.69) is 25.1 Å². The van der Waals surface area contributed by atoms with E-state index in [0.29, 0.717) is 29.9 Å². The molecular formula is C27H30F2N6O3S. The van der Waals surface area contributed by atoms with Gasteiger partial charge in [0.15, 0.2) is 5.82 Å². The van der Waals surface area contributed by atoms with E-state index in [0.717, 1.165) is 76.8 Å². The Hall–Kier alpha value is -2.96. The number of halogens is 2. The zero-order chi connectivity index (χ0) is 26.8. The van der Waals surface area contributed by atoms with Crippen molar-refractivity contribution in [2.75, 3.05) is 37.7 Å². The van der Waals surface area contributed by atoms with Crippen LogP contribution >= 0.6 is 0 Å². The molecule has 1 N–H and O–H groups in total. The third-order valence-electron chi connectivity index (χ3n) is 8.83. The van der Waals surface area contributed by atoms with Gasteiger partial charge in [-0.2, -0.15) is 18.4 Å². The fraction of sp³-hybridized carbons (Fsp3) is 0.519. The standard InChI is InChI=1S/C27H30F2N6O3S/c28-22-23(17-4-1-5-20(12-17)39(29,36)37)30-13-21-24(22)32-26(38-16-27-8-2-10-35(27)11-3-9-27)33-25(21)34-14-18-6-7-19(15-34)31-18/h1,4-5,12-13,18-19,31H,2-3,6-11,14-16H2. The predicted octanol–water partition coefficient (Wildman–Crippen LogP) is 3.44. The molecule has 206 valence electrons. The smallest absolute Gasteiger partial charge is 0.332 e. The Labute approximate surface area is 225 Å². The lowest BCUT2D eigenvalue weighted by atomic mass is 9.95. The summed E-state index contributed by atoms with van der Waals surface area (Å²) >= 11 is 0. The molecule has 0 saturated carbocycles. The van der Waals surface area contributed by atoms with Gasteiger partial charge in [0.1, 0.15) is 23.6 Å². The van der Waals surface area contributed by atoms with Gasteiger partial charge in [-0.1, -0.05) is 12.1 Å². The average molecular weight is 557 g/mol. The van der Waals surface area contributed by atoms with Crippen LogP contribution in [0.15, 0.2) is 35.4 Å². The van der Waals surface area contributed by atoms with Crippen molar-refractivity contribution in [3.05, 3.63) is 36.3 Å². The highest BCUT2D eigenvalue weighted by molar-refractivity contribution is 7.86. The van der Waals surface area contributed by atoms with E-state index in [9.17, 15) is 12.3 Å². The van der Waals surface area contributed by atoms with Crippen molar-refractivity contribution in [3.63, 3.8) is 0 Å². The molecule has 4 aliphatic heterocycles. The zero-order valence-electron chi connectivity index (χ0n) is 21.4. The molecule has 0 aliphatic carbocycles. The SMILES string of the molecule is O=S(=O)(F)c1cccc(-c2ncc3c(N4CC5CCC(C4)N5)nc(OCC45CCCN4CCC5)nc3c2F)c1. The maximum absolute atomic E-state index is 16.1. The molecule has 0 radical (unpaired) electrons. The van der Waals surface area contributed by atoms with Gasteiger partial charge in [0.25, 0.3) is 0 Å². The largest absolute Gasteiger partial charge is 0.461 e. The van der Waals surface area contributed by atoms with Crippen LogP contribution in [0.1, 0.15) is 38.5 Å². The van der Waals surface area contributed by atoms with Crippen LogP contribution in [0.4, 0.5) is 14.1 Å².